The van der Waals surface area contributed by atoms with E-state index in [1.165, 1.54) is 38.5 Å². The van der Waals surface area contributed by atoms with Crippen LogP contribution in [0, 0.1) is 0 Å². The van der Waals surface area contributed by atoms with Crippen LogP contribution >= 0.6 is 0 Å². The molecule has 9 heteroatoms. The van der Waals surface area contributed by atoms with Crippen molar-refractivity contribution in [1.82, 2.24) is 0 Å². The zero-order valence-corrected chi connectivity index (χ0v) is 18.7. The summed E-state index contributed by atoms with van der Waals surface area (Å²) in [5, 5.41) is 2.75. The van der Waals surface area contributed by atoms with Crippen molar-refractivity contribution in [2.45, 2.75) is 11.8 Å². The van der Waals surface area contributed by atoms with Crippen LogP contribution in [-0.4, -0.2) is 35.2 Å². The van der Waals surface area contributed by atoms with E-state index in [4.69, 9.17) is 14.2 Å². The molecule has 0 aliphatic rings. The largest absolute Gasteiger partial charge is 0.497 e. The number of nitrogens with one attached hydrogen (secondary N) is 2. The van der Waals surface area contributed by atoms with Crippen LogP contribution in [0.2, 0.25) is 0 Å². The third-order valence-electron chi connectivity index (χ3n) is 4.45. The van der Waals surface area contributed by atoms with Gasteiger partial charge in [0.1, 0.15) is 17.2 Å². The summed E-state index contributed by atoms with van der Waals surface area (Å²) in [6.07, 6.45) is 0. The molecule has 32 heavy (non-hydrogen) atoms. The van der Waals surface area contributed by atoms with Crippen molar-refractivity contribution in [3.63, 3.8) is 0 Å². The van der Waals surface area contributed by atoms with Crippen molar-refractivity contribution in [1.29, 1.82) is 0 Å². The molecule has 0 saturated heterocycles. The minimum atomic E-state index is -3.81. The summed E-state index contributed by atoms with van der Waals surface area (Å²) in [4.78, 5) is 12.6. The molecule has 0 bridgehead atoms. The number of benzene rings is 3. The minimum absolute atomic E-state index is 0.0333. The van der Waals surface area contributed by atoms with Crippen LogP contribution in [0.25, 0.3) is 0 Å². The van der Waals surface area contributed by atoms with Gasteiger partial charge in [0.25, 0.3) is 15.9 Å². The predicted octanol–water partition coefficient (Wildman–Crippen LogP) is 4.16. The highest BCUT2D eigenvalue weighted by Gasteiger charge is 2.16. The molecule has 0 aromatic heterocycles. The molecular weight excluding hydrogens is 432 g/mol. The lowest BCUT2D eigenvalue weighted by Crippen LogP contribution is -2.15. The average Bonchev–Trinajstić information content (AvgIpc) is 2.80. The van der Waals surface area contributed by atoms with E-state index in [0.717, 1.165) is 0 Å². The molecule has 0 aliphatic carbocycles. The Hall–Kier alpha value is -3.72. The number of amides is 1. The van der Waals surface area contributed by atoms with Gasteiger partial charge in [-0.1, -0.05) is 0 Å². The van der Waals surface area contributed by atoms with Crippen LogP contribution in [0.3, 0.4) is 0 Å². The topological polar surface area (TPSA) is 103 Å². The van der Waals surface area contributed by atoms with Crippen molar-refractivity contribution in [3.8, 4) is 17.2 Å². The zero-order valence-electron chi connectivity index (χ0n) is 17.9. The summed E-state index contributed by atoms with van der Waals surface area (Å²) in [7, 11) is -0.784. The van der Waals surface area contributed by atoms with E-state index in [1.54, 1.807) is 42.5 Å². The van der Waals surface area contributed by atoms with E-state index in [2.05, 4.69) is 10.0 Å². The number of ether oxygens (including phenoxy) is 3. The Bertz CT molecular complexity index is 1150. The van der Waals surface area contributed by atoms with Crippen LogP contribution in [-0.2, 0) is 10.0 Å². The molecule has 0 heterocycles. The maximum atomic E-state index is 12.7. The first kappa shape index (κ1) is 23.0. The van der Waals surface area contributed by atoms with Gasteiger partial charge in [0, 0.05) is 35.1 Å². The second-order valence-electron chi connectivity index (χ2n) is 6.64. The number of hydrogen-bond donors (Lipinski definition) is 2. The number of anilines is 2. The third kappa shape index (κ3) is 5.70. The average molecular weight is 457 g/mol. The molecule has 0 radical (unpaired) electrons. The smallest absolute Gasteiger partial charge is 0.261 e. The summed E-state index contributed by atoms with van der Waals surface area (Å²) >= 11 is 0. The monoisotopic (exact) mass is 456 g/mol. The Balaban J connectivity index is 1.71. The highest BCUT2D eigenvalue weighted by atomic mass is 32.2. The van der Waals surface area contributed by atoms with Crippen LogP contribution in [0.15, 0.2) is 71.6 Å². The summed E-state index contributed by atoms with van der Waals surface area (Å²) in [6, 6.07) is 17.2. The Morgan fingerprint density at radius 3 is 1.94 bits per heavy atom. The third-order valence-corrected chi connectivity index (χ3v) is 5.85. The molecule has 3 aromatic carbocycles. The van der Waals surface area contributed by atoms with Crippen molar-refractivity contribution >= 4 is 27.3 Å². The number of rotatable bonds is 9. The van der Waals surface area contributed by atoms with Gasteiger partial charge in [-0.15, -0.1) is 0 Å². The van der Waals surface area contributed by atoms with Gasteiger partial charge in [0.2, 0.25) is 0 Å². The maximum absolute atomic E-state index is 12.7. The number of carbonyl (C=O) groups excluding carboxylic acids is 1. The summed E-state index contributed by atoms with van der Waals surface area (Å²) in [5.74, 6) is 1.31. The second-order valence-corrected chi connectivity index (χ2v) is 8.33. The first-order chi connectivity index (χ1) is 15.3. The molecule has 0 aliphatic heterocycles. The quantitative estimate of drug-likeness (QED) is 0.501. The van der Waals surface area contributed by atoms with E-state index in [0.29, 0.717) is 40.8 Å². The molecule has 0 saturated carbocycles. The minimum Gasteiger partial charge on any atom is -0.497 e. The molecule has 8 nitrogen and oxygen atoms in total. The molecular formula is C23H24N2O6S. The molecule has 2 N–H and O–H groups in total. The van der Waals surface area contributed by atoms with E-state index in [1.807, 2.05) is 6.92 Å². The van der Waals surface area contributed by atoms with Crippen molar-refractivity contribution < 1.29 is 27.4 Å². The van der Waals surface area contributed by atoms with E-state index >= 15 is 0 Å². The molecule has 0 spiro atoms. The fourth-order valence-corrected chi connectivity index (χ4v) is 3.93. The predicted molar refractivity (Wildman–Crippen MR) is 122 cm³/mol. The number of methoxy groups -OCH3 is 2. The van der Waals surface area contributed by atoms with Gasteiger partial charge in [-0.25, -0.2) is 8.42 Å². The van der Waals surface area contributed by atoms with Gasteiger partial charge in [-0.3, -0.25) is 9.52 Å². The van der Waals surface area contributed by atoms with Crippen molar-refractivity contribution in [2.75, 3.05) is 30.9 Å². The molecule has 3 rings (SSSR count). The number of sulfonamides is 1. The summed E-state index contributed by atoms with van der Waals surface area (Å²) < 4.78 is 43.6. The molecule has 3 aromatic rings. The Morgan fingerprint density at radius 1 is 0.812 bits per heavy atom. The lowest BCUT2D eigenvalue weighted by molar-refractivity contribution is 0.102. The standard InChI is InChI=1S/C23H24N2O6S/c1-4-31-19-9-7-17(8-10-19)25-32(27,28)22-11-5-16(6-12-22)23(26)24-18-13-20(29-2)15-21(14-18)30-3/h5-15,25H,4H2,1-3H3,(H,24,26). The molecule has 0 atom stereocenters. The fraction of sp³-hybridized carbons (Fsp3) is 0.174. The summed E-state index contributed by atoms with van der Waals surface area (Å²) in [6.45, 7) is 2.39. The molecule has 0 fully saturated rings. The van der Waals surface area contributed by atoms with Crippen LogP contribution in [0.1, 0.15) is 17.3 Å². The van der Waals surface area contributed by atoms with Crippen LogP contribution in [0.5, 0.6) is 17.2 Å². The molecule has 1 amide bonds. The Kier molecular flexibility index (Phi) is 7.21. The van der Waals surface area contributed by atoms with Crippen molar-refractivity contribution in [3.05, 3.63) is 72.3 Å². The molecule has 168 valence electrons. The van der Waals surface area contributed by atoms with E-state index < -0.39 is 15.9 Å². The lowest BCUT2D eigenvalue weighted by Gasteiger charge is -2.11. The SMILES string of the molecule is CCOc1ccc(NS(=O)(=O)c2ccc(C(=O)Nc3cc(OC)cc(OC)c3)cc2)cc1. The van der Waals surface area contributed by atoms with E-state index in [-0.39, 0.29) is 4.90 Å². The highest BCUT2D eigenvalue weighted by Crippen LogP contribution is 2.26. The van der Waals surface area contributed by atoms with Crippen molar-refractivity contribution in [2.24, 2.45) is 0 Å². The van der Waals surface area contributed by atoms with Gasteiger partial charge in [0.05, 0.1) is 25.7 Å². The Morgan fingerprint density at radius 2 is 1.41 bits per heavy atom. The van der Waals surface area contributed by atoms with Crippen LogP contribution < -0.4 is 24.2 Å². The van der Waals surface area contributed by atoms with Gasteiger partial charge in [0.15, 0.2) is 0 Å². The van der Waals surface area contributed by atoms with Crippen LogP contribution in [0.4, 0.5) is 11.4 Å². The van der Waals surface area contributed by atoms with Gasteiger partial charge in [-0.05, 0) is 55.5 Å². The molecule has 0 unspecified atom stereocenters. The van der Waals surface area contributed by atoms with E-state index in [9.17, 15) is 13.2 Å². The first-order valence-electron chi connectivity index (χ1n) is 9.75. The first-order valence-corrected chi connectivity index (χ1v) is 11.2. The number of carbonyl (C=O) groups is 1. The number of hydrogen-bond acceptors (Lipinski definition) is 6. The normalized spacial score (nSPS) is 10.8. The zero-order chi connectivity index (χ0) is 23.1. The maximum Gasteiger partial charge on any atom is 0.261 e. The van der Waals surface area contributed by atoms with Gasteiger partial charge in [-0.2, -0.15) is 0 Å². The second kappa shape index (κ2) is 10.1. The highest BCUT2D eigenvalue weighted by molar-refractivity contribution is 7.92. The van der Waals surface area contributed by atoms with Gasteiger partial charge < -0.3 is 19.5 Å². The lowest BCUT2D eigenvalue weighted by atomic mass is 10.2. The fourth-order valence-electron chi connectivity index (χ4n) is 2.87. The Labute approximate surface area is 187 Å². The summed E-state index contributed by atoms with van der Waals surface area (Å²) in [5.41, 5.74) is 1.19. The van der Waals surface area contributed by atoms with Gasteiger partial charge >= 0.3 is 0 Å².